The molecular formula is C15H19FIN3. The van der Waals surface area contributed by atoms with Crippen molar-refractivity contribution in [2.75, 3.05) is 5.73 Å². The molecule has 20 heavy (non-hydrogen) atoms. The lowest BCUT2D eigenvalue weighted by molar-refractivity contribution is 0.344. The van der Waals surface area contributed by atoms with E-state index in [0.29, 0.717) is 21.5 Å². The zero-order valence-electron chi connectivity index (χ0n) is 11.6. The van der Waals surface area contributed by atoms with Crippen LogP contribution in [0.15, 0.2) is 12.1 Å². The summed E-state index contributed by atoms with van der Waals surface area (Å²) in [5.74, 6) is 0.875. The number of hydrogen-bond donors (Lipinski definition) is 1. The van der Waals surface area contributed by atoms with Gasteiger partial charge < -0.3 is 10.3 Å². The molecule has 1 aliphatic rings. The van der Waals surface area contributed by atoms with Crippen molar-refractivity contribution in [3.05, 3.63) is 21.5 Å². The minimum absolute atomic E-state index is 0.194. The van der Waals surface area contributed by atoms with Gasteiger partial charge in [-0.2, -0.15) is 0 Å². The lowest BCUT2D eigenvalue weighted by Gasteiger charge is -2.24. The van der Waals surface area contributed by atoms with Crippen LogP contribution in [0, 0.1) is 15.3 Å². The third-order valence-electron chi connectivity index (χ3n) is 4.41. The van der Waals surface area contributed by atoms with E-state index in [2.05, 4.69) is 16.5 Å². The molecule has 1 aromatic carbocycles. The summed E-state index contributed by atoms with van der Waals surface area (Å²) < 4.78 is 16.5. The standard InChI is InChI=1S/C15H19FIN3/c1-9-5-3-2-4-6-13(9)20-14-7-10(16)11(17)8-12(14)19-15(20)18/h7-9,13H,2-6H2,1H3,(H2,18,19). The Kier molecular flexibility index (Phi) is 3.88. The summed E-state index contributed by atoms with van der Waals surface area (Å²) in [6.45, 7) is 2.27. The van der Waals surface area contributed by atoms with Crippen molar-refractivity contribution < 1.29 is 4.39 Å². The van der Waals surface area contributed by atoms with Crippen LogP contribution in [-0.2, 0) is 0 Å². The highest BCUT2D eigenvalue weighted by Crippen LogP contribution is 2.36. The number of imidazole rings is 1. The van der Waals surface area contributed by atoms with E-state index in [9.17, 15) is 4.39 Å². The molecule has 1 heterocycles. The summed E-state index contributed by atoms with van der Waals surface area (Å²) >= 11 is 1.99. The van der Waals surface area contributed by atoms with E-state index in [4.69, 9.17) is 5.73 Å². The van der Waals surface area contributed by atoms with E-state index in [-0.39, 0.29) is 5.82 Å². The summed E-state index contributed by atoms with van der Waals surface area (Å²) in [6.07, 6.45) is 6.07. The summed E-state index contributed by atoms with van der Waals surface area (Å²) in [5, 5.41) is 0. The zero-order chi connectivity index (χ0) is 14.3. The molecule has 0 amide bonds. The first kappa shape index (κ1) is 14.1. The maximum absolute atomic E-state index is 13.9. The summed E-state index contributed by atoms with van der Waals surface area (Å²) in [4.78, 5) is 4.42. The zero-order valence-corrected chi connectivity index (χ0v) is 13.7. The molecule has 1 aromatic heterocycles. The van der Waals surface area contributed by atoms with Crippen LogP contribution in [0.3, 0.4) is 0 Å². The van der Waals surface area contributed by atoms with Crippen LogP contribution in [0.1, 0.15) is 45.1 Å². The Morgan fingerprint density at radius 1 is 1.30 bits per heavy atom. The fourth-order valence-electron chi connectivity index (χ4n) is 3.31. The van der Waals surface area contributed by atoms with Gasteiger partial charge >= 0.3 is 0 Å². The van der Waals surface area contributed by atoms with Gasteiger partial charge in [0.25, 0.3) is 0 Å². The molecule has 0 saturated heterocycles. The Hall–Kier alpha value is -0.850. The normalized spacial score (nSPS) is 23.9. The smallest absolute Gasteiger partial charge is 0.201 e. The van der Waals surface area contributed by atoms with E-state index < -0.39 is 0 Å². The molecule has 1 saturated carbocycles. The van der Waals surface area contributed by atoms with Gasteiger partial charge in [0, 0.05) is 12.1 Å². The molecule has 108 valence electrons. The second-order valence-electron chi connectivity index (χ2n) is 5.78. The van der Waals surface area contributed by atoms with Gasteiger partial charge in [0.1, 0.15) is 5.82 Å². The fraction of sp³-hybridized carbons (Fsp3) is 0.533. The largest absolute Gasteiger partial charge is 0.369 e. The first-order valence-corrected chi connectivity index (χ1v) is 8.28. The molecule has 2 N–H and O–H groups in total. The third kappa shape index (κ3) is 2.40. The monoisotopic (exact) mass is 387 g/mol. The molecule has 3 rings (SSSR count). The van der Waals surface area contributed by atoms with Crippen LogP contribution >= 0.6 is 22.6 Å². The van der Waals surface area contributed by atoms with E-state index >= 15 is 0 Å². The van der Waals surface area contributed by atoms with Crippen LogP contribution in [0.4, 0.5) is 10.3 Å². The van der Waals surface area contributed by atoms with Gasteiger partial charge in [-0.05, 0) is 47.4 Å². The van der Waals surface area contributed by atoms with Gasteiger partial charge in [0.15, 0.2) is 0 Å². The van der Waals surface area contributed by atoms with E-state index in [1.54, 1.807) is 12.1 Å². The number of nitrogens with zero attached hydrogens (tertiary/aromatic N) is 2. The minimum atomic E-state index is -0.194. The Morgan fingerprint density at radius 2 is 2.05 bits per heavy atom. The van der Waals surface area contributed by atoms with E-state index in [1.807, 2.05) is 22.6 Å². The van der Waals surface area contributed by atoms with Crippen molar-refractivity contribution in [2.45, 2.75) is 45.1 Å². The van der Waals surface area contributed by atoms with Gasteiger partial charge in [0.2, 0.25) is 5.95 Å². The molecule has 0 radical (unpaired) electrons. The van der Waals surface area contributed by atoms with Crippen molar-refractivity contribution in [3.8, 4) is 0 Å². The van der Waals surface area contributed by atoms with E-state index in [0.717, 1.165) is 17.5 Å². The molecule has 2 aromatic rings. The quantitative estimate of drug-likeness (QED) is 0.578. The lowest BCUT2D eigenvalue weighted by Crippen LogP contribution is -2.18. The van der Waals surface area contributed by atoms with Crippen LogP contribution in [0.5, 0.6) is 0 Å². The number of rotatable bonds is 1. The van der Waals surface area contributed by atoms with Crippen LogP contribution in [-0.4, -0.2) is 9.55 Å². The Morgan fingerprint density at radius 3 is 2.85 bits per heavy atom. The third-order valence-corrected chi connectivity index (χ3v) is 5.23. The number of nitrogen functional groups attached to an aromatic ring is 1. The SMILES string of the molecule is CC1CCCCCC1n1c(N)nc2cc(I)c(F)cc21. The molecular weight excluding hydrogens is 368 g/mol. The van der Waals surface area contributed by atoms with Gasteiger partial charge in [-0.1, -0.05) is 26.2 Å². The van der Waals surface area contributed by atoms with Crippen molar-refractivity contribution in [2.24, 2.45) is 5.92 Å². The van der Waals surface area contributed by atoms with Crippen molar-refractivity contribution in [1.82, 2.24) is 9.55 Å². The molecule has 1 aliphatic carbocycles. The number of halogens is 2. The number of aromatic nitrogens is 2. The Balaban J connectivity index is 2.14. The summed E-state index contributed by atoms with van der Waals surface area (Å²) in [7, 11) is 0. The first-order chi connectivity index (χ1) is 9.58. The van der Waals surface area contributed by atoms with Gasteiger partial charge in [-0.3, -0.25) is 0 Å². The molecule has 2 unspecified atom stereocenters. The van der Waals surface area contributed by atoms with E-state index in [1.165, 1.54) is 25.7 Å². The topological polar surface area (TPSA) is 43.8 Å². The van der Waals surface area contributed by atoms with Crippen LogP contribution < -0.4 is 5.73 Å². The highest BCUT2D eigenvalue weighted by Gasteiger charge is 2.25. The van der Waals surface area contributed by atoms with Crippen molar-refractivity contribution in [3.63, 3.8) is 0 Å². The Bertz CT molecular complexity index is 638. The van der Waals surface area contributed by atoms with Gasteiger partial charge in [-0.15, -0.1) is 0 Å². The number of benzene rings is 1. The summed E-state index contributed by atoms with van der Waals surface area (Å²) in [5.41, 5.74) is 7.75. The molecule has 3 nitrogen and oxygen atoms in total. The molecule has 5 heteroatoms. The number of anilines is 1. The fourth-order valence-corrected chi connectivity index (χ4v) is 3.77. The maximum atomic E-state index is 13.9. The molecule has 2 atom stereocenters. The lowest BCUT2D eigenvalue weighted by atomic mass is 9.96. The molecule has 0 aliphatic heterocycles. The molecule has 1 fully saturated rings. The maximum Gasteiger partial charge on any atom is 0.201 e. The number of nitrogens with two attached hydrogens (primary N) is 1. The number of fused-ring (bicyclic) bond motifs is 1. The van der Waals surface area contributed by atoms with Crippen molar-refractivity contribution >= 4 is 39.6 Å². The predicted octanol–water partition coefficient (Wildman–Crippen LogP) is 4.50. The predicted molar refractivity (Wildman–Crippen MR) is 88.1 cm³/mol. The average Bonchev–Trinajstić information content (AvgIpc) is 2.58. The Labute approximate surface area is 131 Å². The first-order valence-electron chi connectivity index (χ1n) is 7.20. The van der Waals surface area contributed by atoms with Crippen LogP contribution in [0.2, 0.25) is 0 Å². The summed E-state index contributed by atoms with van der Waals surface area (Å²) in [6, 6.07) is 3.69. The second-order valence-corrected chi connectivity index (χ2v) is 6.94. The van der Waals surface area contributed by atoms with Gasteiger partial charge in [0.05, 0.1) is 14.6 Å². The van der Waals surface area contributed by atoms with Crippen molar-refractivity contribution in [1.29, 1.82) is 0 Å². The minimum Gasteiger partial charge on any atom is -0.369 e. The molecule has 0 spiro atoms. The molecule has 0 bridgehead atoms. The second kappa shape index (κ2) is 5.50. The van der Waals surface area contributed by atoms with Crippen LogP contribution in [0.25, 0.3) is 11.0 Å². The highest BCUT2D eigenvalue weighted by molar-refractivity contribution is 14.1. The van der Waals surface area contributed by atoms with Gasteiger partial charge in [-0.25, -0.2) is 9.37 Å². The highest BCUT2D eigenvalue weighted by atomic mass is 127. The average molecular weight is 387 g/mol. The number of hydrogen-bond acceptors (Lipinski definition) is 2.